The topological polar surface area (TPSA) is 135 Å². The fourth-order valence-electron chi connectivity index (χ4n) is 2.21. The summed E-state index contributed by atoms with van der Waals surface area (Å²) >= 11 is 6.26. The molecule has 2 heterocycles. The molecular formula is C15H13ClFN7O2. The Morgan fingerprint density at radius 1 is 1.19 bits per heavy atom. The summed E-state index contributed by atoms with van der Waals surface area (Å²) in [5.41, 5.74) is 11.8. The summed E-state index contributed by atoms with van der Waals surface area (Å²) in [7, 11) is 0. The molecule has 0 aliphatic heterocycles. The molecular weight excluding hydrogens is 365 g/mol. The minimum atomic E-state index is -0.724. The first kappa shape index (κ1) is 17.5. The van der Waals surface area contributed by atoms with Crippen LogP contribution in [0.25, 0.3) is 5.69 Å². The summed E-state index contributed by atoms with van der Waals surface area (Å²) in [6.07, 6.45) is 0. The number of aromatic nitrogens is 5. The molecule has 4 N–H and O–H groups in total. The molecule has 0 spiro atoms. The zero-order chi connectivity index (χ0) is 18.8. The molecule has 9 nitrogen and oxygen atoms in total. The van der Waals surface area contributed by atoms with Crippen LogP contribution in [-0.4, -0.2) is 30.7 Å². The monoisotopic (exact) mass is 377 g/mol. The van der Waals surface area contributed by atoms with Gasteiger partial charge in [0.1, 0.15) is 16.5 Å². The molecule has 2 aromatic heterocycles. The molecule has 1 aromatic carbocycles. The molecule has 0 unspecified atom stereocenters. The highest BCUT2D eigenvalue weighted by Gasteiger charge is 2.23. The predicted molar refractivity (Wildman–Crippen MR) is 91.0 cm³/mol. The van der Waals surface area contributed by atoms with Crippen LogP contribution in [0.2, 0.25) is 5.15 Å². The highest BCUT2D eigenvalue weighted by atomic mass is 35.5. The van der Waals surface area contributed by atoms with Crippen molar-refractivity contribution >= 4 is 29.5 Å². The first-order valence-corrected chi connectivity index (χ1v) is 7.67. The highest BCUT2D eigenvalue weighted by Crippen LogP contribution is 2.24. The number of hydrogen-bond donors (Lipinski definition) is 2. The Balaban J connectivity index is 1.82. The van der Waals surface area contributed by atoms with Gasteiger partial charge in [-0.05, 0) is 31.2 Å². The number of carbonyl (C=O) groups excluding carboxylic acids is 1. The maximum Gasteiger partial charge on any atom is 0.343 e. The first-order valence-electron chi connectivity index (χ1n) is 7.29. The largest absolute Gasteiger partial charge is 0.454 e. The van der Waals surface area contributed by atoms with Gasteiger partial charge >= 0.3 is 5.97 Å². The summed E-state index contributed by atoms with van der Waals surface area (Å²) in [6.45, 7) is 1.33. The third-order valence-electron chi connectivity index (χ3n) is 3.33. The van der Waals surface area contributed by atoms with Crippen LogP contribution < -0.4 is 11.5 Å². The lowest BCUT2D eigenvalue weighted by Gasteiger charge is -2.05. The van der Waals surface area contributed by atoms with Crippen molar-refractivity contribution < 1.29 is 13.9 Å². The summed E-state index contributed by atoms with van der Waals surface area (Å²) in [4.78, 5) is 23.6. The maximum atomic E-state index is 13.1. The van der Waals surface area contributed by atoms with E-state index in [2.05, 4.69) is 20.1 Å². The van der Waals surface area contributed by atoms with Gasteiger partial charge in [0.2, 0.25) is 11.9 Å². The van der Waals surface area contributed by atoms with Crippen molar-refractivity contribution in [2.24, 2.45) is 0 Å². The molecule has 11 heteroatoms. The summed E-state index contributed by atoms with van der Waals surface area (Å²) < 4.78 is 19.5. The van der Waals surface area contributed by atoms with Crippen LogP contribution in [-0.2, 0) is 11.3 Å². The number of nitrogen functional groups attached to an aromatic ring is 2. The average molecular weight is 378 g/mol. The van der Waals surface area contributed by atoms with Crippen LogP contribution in [0.1, 0.15) is 21.9 Å². The number of esters is 1. The number of aryl methyl sites for hydroxylation is 1. The Labute approximate surface area is 151 Å². The molecule has 0 amide bonds. The second-order valence-electron chi connectivity index (χ2n) is 5.18. The van der Waals surface area contributed by atoms with Crippen LogP contribution >= 0.6 is 11.6 Å². The van der Waals surface area contributed by atoms with Crippen molar-refractivity contribution in [2.45, 2.75) is 13.5 Å². The molecule has 0 aliphatic carbocycles. The lowest BCUT2D eigenvalue weighted by Crippen LogP contribution is -2.11. The molecule has 0 saturated carbocycles. The van der Waals surface area contributed by atoms with E-state index in [1.165, 1.54) is 28.9 Å². The Hall–Kier alpha value is -3.27. The van der Waals surface area contributed by atoms with Gasteiger partial charge in [0.25, 0.3) is 0 Å². The van der Waals surface area contributed by atoms with E-state index in [4.69, 9.17) is 27.8 Å². The predicted octanol–water partition coefficient (Wildman–Crippen LogP) is 1.68. The summed E-state index contributed by atoms with van der Waals surface area (Å²) in [5, 5.41) is 4.23. The lowest BCUT2D eigenvalue weighted by molar-refractivity contribution is 0.0461. The van der Waals surface area contributed by atoms with Crippen LogP contribution in [0.15, 0.2) is 24.3 Å². The number of hydrogen-bond acceptors (Lipinski definition) is 8. The first-order chi connectivity index (χ1) is 12.3. The maximum absolute atomic E-state index is 13.1. The molecule has 26 heavy (non-hydrogen) atoms. The van der Waals surface area contributed by atoms with E-state index in [1.807, 2.05) is 0 Å². The number of halogens is 2. The van der Waals surface area contributed by atoms with Crippen molar-refractivity contribution in [3.63, 3.8) is 0 Å². The molecule has 0 atom stereocenters. The minimum absolute atomic E-state index is 0.0359. The van der Waals surface area contributed by atoms with E-state index in [0.717, 1.165) is 0 Å². The second kappa shape index (κ2) is 6.92. The zero-order valence-corrected chi connectivity index (χ0v) is 14.2. The summed E-state index contributed by atoms with van der Waals surface area (Å²) in [6, 6.07) is 5.49. The van der Waals surface area contributed by atoms with E-state index >= 15 is 0 Å². The van der Waals surface area contributed by atoms with Gasteiger partial charge in [-0.15, -0.1) is 0 Å². The number of rotatable bonds is 4. The third kappa shape index (κ3) is 3.54. The summed E-state index contributed by atoms with van der Waals surface area (Å²) in [5.74, 6) is -1.19. The number of ether oxygens (including phenoxy) is 1. The molecule has 0 bridgehead atoms. The van der Waals surface area contributed by atoms with Crippen molar-refractivity contribution in [2.75, 3.05) is 11.5 Å². The van der Waals surface area contributed by atoms with Crippen molar-refractivity contribution in [3.8, 4) is 5.69 Å². The van der Waals surface area contributed by atoms with Crippen molar-refractivity contribution in [1.82, 2.24) is 24.7 Å². The van der Waals surface area contributed by atoms with Gasteiger partial charge in [-0.1, -0.05) is 11.6 Å². The van der Waals surface area contributed by atoms with Gasteiger partial charge in [0.15, 0.2) is 12.4 Å². The lowest BCUT2D eigenvalue weighted by atomic mass is 10.2. The van der Waals surface area contributed by atoms with Gasteiger partial charge < -0.3 is 16.2 Å². The fraction of sp³-hybridized carbons (Fsp3) is 0.133. The molecule has 0 fully saturated rings. The molecule has 3 aromatic rings. The number of benzene rings is 1. The van der Waals surface area contributed by atoms with Gasteiger partial charge in [-0.3, -0.25) is 0 Å². The smallest absolute Gasteiger partial charge is 0.343 e. The third-order valence-corrected chi connectivity index (χ3v) is 3.68. The van der Waals surface area contributed by atoms with E-state index < -0.39 is 11.8 Å². The minimum Gasteiger partial charge on any atom is -0.454 e. The normalized spacial score (nSPS) is 10.7. The van der Waals surface area contributed by atoms with Crippen LogP contribution in [0.3, 0.4) is 0 Å². The standard InChI is InChI=1S/C15H13ClFN7O2/c1-7-11(12(16)24(23-7)9-4-2-8(17)3-5-9)13(25)26-6-10-20-14(18)22-15(19)21-10/h2-5H,6H2,1H3,(H4,18,19,20,21,22). The molecule has 3 rings (SSSR count). The van der Waals surface area contributed by atoms with Crippen LogP contribution in [0, 0.1) is 12.7 Å². The molecule has 0 radical (unpaired) electrons. The van der Waals surface area contributed by atoms with Crippen molar-refractivity contribution in [1.29, 1.82) is 0 Å². The second-order valence-corrected chi connectivity index (χ2v) is 5.54. The number of nitrogens with two attached hydrogens (primary N) is 2. The van der Waals surface area contributed by atoms with E-state index in [9.17, 15) is 9.18 Å². The highest BCUT2D eigenvalue weighted by molar-refractivity contribution is 6.33. The van der Waals surface area contributed by atoms with Gasteiger partial charge in [-0.25, -0.2) is 13.9 Å². The quantitative estimate of drug-likeness (QED) is 0.655. The van der Waals surface area contributed by atoms with Gasteiger partial charge in [0, 0.05) is 0 Å². The fourth-order valence-corrected chi connectivity index (χ4v) is 2.56. The van der Waals surface area contributed by atoms with Crippen molar-refractivity contribution in [3.05, 3.63) is 52.3 Å². The van der Waals surface area contributed by atoms with Crippen LogP contribution in [0.4, 0.5) is 16.3 Å². The van der Waals surface area contributed by atoms with Crippen LogP contribution in [0.5, 0.6) is 0 Å². The molecule has 134 valence electrons. The average Bonchev–Trinajstić information content (AvgIpc) is 2.87. The van der Waals surface area contributed by atoms with E-state index in [-0.39, 0.29) is 35.0 Å². The zero-order valence-electron chi connectivity index (χ0n) is 13.5. The molecule has 0 aliphatic rings. The van der Waals surface area contributed by atoms with E-state index in [1.54, 1.807) is 6.92 Å². The number of anilines is 2. The Kier molecular flexibility index (Phi) is 4.67. The Morgan fingerprint density at radius 2 is 1.81 bits per heavy atom. The Bertz CT molecular complexity index is 955. The molecule has 0 saturated heterocycles. The van der Waals surface area contributed by atoms with E-state index in [0.29, 0.717) is 11.4 Å². The SMILES string of the molecule is Cc1nn(-c2ccc(F)cc2)c(Cl)c1C(=O)OCc1nc(N)nc(N)n1. The number of carbonyl (C=O) groups is 1. The Morgan fingerprint density at radius 3 is 2.42 bits per heavy atom. The van der Waals surface area contributed by atoms with Gasteiger partial charge in [0.05, 0.1) is 11.4 Å². The van der Waals surface area contributed by atoms with Gasteiger partial charge in [-0.2, -0.15) is 20.1 Å². The number of nitrogens with zero attached hydrogens (tertiary/aromatic N) is 5.